The number of esters is 2. The predicted octanol–water partition coefficient (Wildman–Crippen LogP) is 14.8. The highest BCUT2D eigenvalue weighted by molar-refractivity contribution is 7.01. The van der Waals surface area contributed by atoms with Gasteiger partial charge in [-0.3, -0.25) is 9.59 Å². The van der Waals surface area contributed by atoms with E-state index < -0.39 is 90.1 Å². The van der Waals surface area contributed by atoms with Crippen LogP contribution in [0, 0.1) is 0 Å². The van der Waals surface area contributed by atoms with E-state index in [1.54, 1.807) is 36.4 Å². The summed E-state index contributed by atoms with van der Waals surface area (Å²) in [7, 11) is -10.3. The Kier molecular flexibility index (Phi) is 22.4. The average Bonchev–Trinajstić information content (AvgIpc) is 0.737. The van der Waals surface area contributed by atoms with Crippen LogP contribution < -0.4 is 49.1 Å². The lowest BCUT2D eigenvalue weighted by molar-refractivity contribution is -0.309. The minimum absolute atomic E-state index is 0.0862. The van der Waals surface area contributed by atoms with Crippen molar-refractivity contribution in [1.82, 2.24) is 0 Å². The van der Waals surface area contributed by atoms with E-state index in [0.717, 1.165) is 42.2 Å². The van der Waals surface area contributed by atoms with Gasteiger partial charge < -0.3 is 41.7 Å². The van der Waals surface area contributed by atoms with Crippen LogP contribution in [-0.2, 0) is 41.7 Å². The molecule has 5 atom stereocenters. The molecule has 10 aromatic rings. The van der Waals surface area contributed by atoms with Crippen LogP contribution in [-0.4, -0.2) is 80.0 Å². The normalized spacial score (nSPS) is 16.8. The summed E-state index contributed by atoms with van der Waals surface area (Å²) < 4.78 is 63.2. The Labute approximate surface area is 592 Å². The van der Waals surface area contributed by atoms with Crippen molar-refractivity contribution < 1.29 is 56.1 Å². The minimum atomic E-state index is -3.71. The van der Waals surface area contributed by atoms with E-state index in [9.17, 15) is 4.79 Å². The summed E-state index contributed by atoms with van der Waals surface area (Å²) in [5, 5.41) is 4.44. The monoisotopic (exact) mass is 1390 g/mol. The number of ether oxygens (including phenoxy) is 6. The lowest BCUT2D eigenvalue weighted by Gasteiger charge is -2.44. The third-order valence-corrected chi connectivity index (χ3v) is 33.5. The molecular weight excluding hydrogens is 1300 g/mol. The number of Topliss-reactive ketones (excluding diaryl/α,β-unsaturated/α-hetero) is 1. The molecule has 1 saturated heterocycles. The summed E-state index contributed by atoms with van der Waals surface area (Å²) >= 11 is 0. The highest BCUT2D eigenvalue weighted by Crippen LogP contribution is 2.46. The van der Waals surface area contributed by atoms with Gasteiger partial charge in [0.2, 0.25) is 0 Å². The number of carbonyl (C=O) groups excluding carboxylic acids is 3. The van der Waals surface area contributed by atoms with E-state index in [1.807, 2.05) is 177 Å². The molecule has 1 aliphatic heterocycles. The topological polar surface area (TPSA) is 134 Å². The molecule has 514 valence electrons. The summed E-state index contributed by atoms with van der Waals surface area (Å²) in [6.07, 6.45) is -5.08. The van der Waals surface area contributed by atoms with E-state index in [1.165, 1.54) is 6.92 Å². The van der Waals surface area contributed by atoms with Crippen molar-refractivity contribution >= 4 is 73.8 Å². The van der Waals surface area contributed by atoms with E-state index in [4.69, 9.17) is 41.7 Å². The summed E-state index contributed by atoms with van der Waals surface area (Å²) in [6.45, 7) is 22.4. The molecule has 1 fully saturated rings. The molecule has 0 aliphatic carbocycles. The summed E-state index contributed by atoms with van der Waals surface area (Å²) in [4.78, 5) is 45.4. The van der Waals surface area contributed by atoms with Gasteiger partial charge in [-0.05, 0) is 88.6 Å². The first-order valence-corrected chi connectivity index (χ1v) is 39.9. The Hall–Kier alpha value is -9.30. The number of carbonyl (C=O) groups is 3. The van der Waals surface area contributed by atoms with Crippen LogP contribution in [0.5, 0.6) is 23.0 Å². The van der Waals surface area contributed by atoms with Crippen LogP contribution in [0.25, 0.3) is 0 Å². The molecule has 5 unspecified atom stereocenters. The van der Waals surface area contributed by atoms with Gasteiger partial charge in [-0.25, -0.2) is 4.79 Å². The third-order valence-electron chi connectivity index (χ3n) is 18.6. The van der Waals surface area contributed by atoms with Crippen molar-refractivity contribution in [2.24, 2.45) is 0 Å². The second-order valence-electron chi connectivity index (χ2n) is 28.5. The van der Waals surface area contributed by atoms with Gasteiger partial charge in [0.1, 0.15) is 47.4 Å². The van der Waals surface area contributed by atoms with Crippen molar-refractivity contribution in [1.29, 1.82) is 0 Å². The zero-order valence-electron chi connectivity index (χ0n) is 59.0. The molecule has 0 bridgehead atoms. The van der Waals surface area contributed by atoms with Crippen molar-refractivity contribution in [3.63, 3.8) is 0 Å². The zero-order valence-corrected chi connectivity index (χ0v) is 62.0. The average molecular weight is 1390 g/mol. The van der Waals surface area contributed by atoms with Crippen LogP contribution in [0.1, 0.15) is 108 Å². The van der Waals surface area contributed by atoms with Crippen molar-refractivity contribution in [3.8, 4) is 23.0 Å². The Balaban J connectivity index is 1.08. The fraction of sp³-hybridized carbons (Fsp3) is 0.259. The van der Waals surface area contributed by atoms with Gasteiger partial charge in [0.25, 0.3) is 0 Å². The maximum atomic E-state index is 16.4. The number of hydrogen-bond acceptors (Lipinski definition) is 12. The number of rotatable bonds is 25. The van der Waals surface area contributed by atoms with Crippen molar-refractivity contribution in [2.45, 2.75) is 135 Å². The van der Waals surface area contributed by atoms with Gasteiger partial charge in [0, 0.05) is 19.1 Å². The quantitative estimate of drug-likeness (QED) is 0.0233. The first-order valence-electron chi connectivity index (χ1n) is 34.2. The molecule has 0 amide bonds. The van der Waals surface area contributed by atoms with Gasteiger partial charge in [0.05, 0.1) is 24.9 Å². The van der Waals surface area contributed by atoms with E-state index >= 15 is 9.59 Å². The van der Waals surface area contributed by atoms with Crippen LogP contribution in [0.2, 0.25) is 15.1 Å². The van der Waals surface area contributed by atoms with Gasteiger partial charge in [0.15, 0.2) is 18.2 Å². The molecule has 0 spiro atoms. The third kappa shape index (κ3) is 15.5. The fourth-order valence-electron chi connectivity index (χ4n) is 14.0. The molecule has 0 aromatic heterocycles. The first kappa shape index (κ1) is 72.0. The maximum absolute atomic E-state index is 16.4. The first-order chi connectivity index (χ1) is 48.0. The van der Waals surface area contributed by atoms with Crippen LogP contribution in [0.4, 0.5) is 0 Å². The van der Waals surface area contributed by atoms with E-state index in [2.05, 4.69) is 135 Å². The smallest absolute Gasteiger partial charge is 0.343 e. The van der Waals surface area contributed by atoms with E-state index in [0.29, 0.717) is 5.75 Å². The van der Waals surface area contributed by atoms with E-state index in [-0.39, 0.29) is 46.6 Å². The lowest BCUT2D eigenvalue weighted by Crippen LogP contribution is -2.69. The summed E-state index contributed by atoms with van der Waals surface area (Å²) in [5.74, 6) is -1.27. The highest BCUT2D eigenvalue weighted by atomic mass is 28.4. The number of hydrogen-bond donors (Lipinski definition) is 0. The molecule has 100 heavy (non-hydrogen) atoms. The summed E-state index contributed by atoms with van der Waals surface area (Å²) in [6, 6.07) is 91.2. The standard InChI is InChI=1S/C85H90O12Si3/c1-61-78(89-58-63-36-20-12-21-37-63)79(90-59-64-38-22-13-23-39-64)80(93-62(2)86)82(92-61)91-60-74(87)77-75(94-81(88)65-52-54-66(55-53-65)95-98(83(3,4)5,68-40-24-14-25-41-68)69-42-26-15-27-43-69)56-67(96-99(84(6,7)8,70-44-28-16-29-45-70)71-46-30-17-31-47-71)57-76(77)97-100(85(9,10)11,72-48-32-18-33-49-72)73-50-34-19-35-51-73/h12-57,61,78-80,82H,58-60H2,1-11H3. The van der Waals surface area contributed by atoms with Crippen LogP contribution >= 0.6 is 0 Å². The number of benzene rings is 10. The Morgan fingerprint density at radius 2 is 0.730 bits per heavy atom. The molecule has 0 radical (unpaired) electrons. The Morgan fingerprint density at radius 1 is 0.390 bits per heavy atom. The Bertz CT molecular complexity index is 4190. The highest BCUT2D eigenvalue weighted by Gasteiger charge is 2.56. The molecule has 15 heteroatoms. The number of ketones is 1. The molecule has 1 heterocycles. The van der Waals surface area contributed by atoms with Crippen LogP contribution in [0.15, 0.2) is 279 Å². The molecule has 12 nitrogen and oxygen atoms in total. The van der Waals surface area contributed by atoms with Gasteiger partial charge in [-0.1, -0.05) is 305 Å². The molecule has 11 rings (SSSR count). The molecular formula is C85H90O12Si3. The summed E-state index contributed by atoms with van der Waals surface area (Å²) in [5.41, 5.74) is 1.86. The predicted molar refractivity (Wildman–Crippen MR) is 403 cm³/mol. The maximum Gasteiger partial charge on any atom is 0.343 e. The molecule has 10 aromatic carbocycles. The van der Waals surface area contributed by atoms with Crippen molar-refractivity contribution in [2.75, 3.05) is 6.61 Å². The zero-order chi connectivity index (χ0) is 70.7. The lowest BCUT2D eigenvalue weighted by atomic mass is 9.98. The van der Waals surface area contributed by atoms with Crippen LogP contribution in [0.3, 0.4) is 0 Å². The molecule has 0 N–H and O–H groups in total. The molecule has 0 saturated carbocycles. The fourth-order valence-corrected chi connectivity index (χ4v) is 27.2. The largest absolute Gasteiger partial charge is 0.534 e. The second kappa shape index (κ2) is 31.1. The van der Waals surface area contributed by atoms with Crippen molar-refractivity contribution in [3.05, 3.63) is 301 Å². The molecule has 1 aliphatic rings. The minimum Gasteiger partial charge on any atom is -0.534 e. The Morgan fingerprint density at radius 3 is 1.10 bits per heavy atom. The van der Waals surface area contributed by atoms with Gasteiger partial charge >= 0.3 is 36.9 Å². The SMILES string of the molecule is CC(=O)OC1C(OCC(=O)c2c(OC(=O)c3ccc(O[Si](c4ccccc4)(c4ccccc4)C(C)(C)C)cc3)cc(O[Si](c3ccccc3)(c3ccccc3)C(C)(C)C)cc2O[Si](c2ccccc2)(c2ccccc2)C(C)(C)C)OC(C)C(OCc2ccccc2)C1OCc1ccccc1. The van der Waals surface area contributed by atoms with Gasteiger partial charge in [-0.2, -0.15) is 0 Å². The van der Waals surface area contributed by atoms with Gasteiger partial charge in [-0.15, -0.1) is 0 Å². The second-order valence-corrected chi connectivity index (χ2v) is 41.2.